The smallest absolute Gasteiger partial charge is 0.326 e. The van der Waals surface area contributed by atoms with Gasteiger partial charge in [-0.25, -0.2) is 14.8 Å². The molecule has 1 aromatic carbocycles. The first kappa shape index (κ1) is 48.7. The van der Waals surface area contributed by atoms with Gasteiger partial charge in [0.2, 0.25) is 17.8 Å². The Hall–Kier alpha value is -6.22. The van der Waals surface area contributed by atoms with Crippen molar-refractivity contribution in [2.45, 2.75) is 93.7 Å². The lowest BCUT2D eigenvalue weighted by Crippen LogP contribution is -2.63. The minimum atomic E-state index is -0.129. The van der Waals surface area contributed by atoms with Gasteiger partial charge in [0.05, 0.1) is 42.8 Å². The average Bonchev–Trinajstić information content (AvgIpc) is 3.29. The normalized spacial score (nSPS) is 19.0. The van der Waals surface area contributed by atoms with Gasteiger partial charge in [-0.15, -0.1) is 0 Å². The first-order valence-corrected chi connectivity index (χ1v) is 24.1. The Labute approximate surface area is 397 Å². The number of fused-ring (bicyclic) bond motifs is 1. The number of rotatable bonds is 12. The molecular weight excluding hydrogens is 843 g/mol. The highest BCUT2D eigenvalue weighted by atomic mass is 16.5. The molecule has 1 atom stereocenters. The van der Waals surface area contributed by atoms with Gasteiger partial charge < -0.3 is 35.0 Å². The summed E-state index contributed by atoms with van der Waals surface area (Å²) in [5, 5.41) is 6.16. The Bertz CT molecular complexity index is 2370. The van der Waals surface area contributed by atoms with Crippen LogP contribution in [-0.4, -0.2) is 124 Å². The molecule has 5 aliphatic rings. The second-order valence-corrected chi connectivity index (χ2v) is 19.3. The van der Waals surface area contributed by atoms with Crippen LogP contribution < -0.4 is 20.4 Å². The molecule has 0 saturated carbocycles. The van der Waals surface area contributed by atoms with E-state index >= 15 is 0 Å². The number of nitrogens with zero attached hydrogens (tertiary/aromatic N) is 9. The lowest BCUT2D eigenvalue weighted by atomic mass is 9.84. The molecule has 15 nitrogen and oxygen atoms in total. The number of aromatic nitrogens is 3. The van der Waals surface area contributed by atoms with E-state index in [9.17, 15) is 14.4 Å². The topological polar surface area (TPSA) is 143 Å². The molecule has 2 aromatic heterocycles. The van der Waals surface area contributed by atoms with Gasteiger partial charge >= 0.3 is 6.03 Å². The molecule has 3 fully saturated rings. The van der Waals surface area contributed by atoms with Crippen LogP contribution in [0.3, 0.4) is 0 Å². The van der Waals surface area contributed by atoms with Crippen LogP contribution >= 0.6 is 0 Å². The minimum Gasteiger partial charge on any atom is -0.494 e. The third-order valence-electron chi connectivity index (χ3n) is 13.2. The van der Waals surface area contributed by atoms with E-state index in [0.29, 0.717) is 57.0 Å². The Morgan fingerprint density at radius 2 is 1.69 bits per heavy atom. The fourth-order valence-corrected chi connectivity index (χ4v) is 9.85. The second kappa shape index (κ2) is 21.2. The number of benzene rings is 1. The summed E-state index contributed by atoms with van der Waals surface area (Å²) in [7, 11) is 0. The van der Waals surface area contributed by atoms with E-state index in [1.165, 1.54) is 0 Å². The van der Waals surface area contributed by atoms with Gasteiger partial charge in [-0.3, -0.25) is 24.4 Å². The zero-order valence-corrected chi connectivity index (χ0v) is 41.0. The van der Waals surface area contributed by atoms with E-state index in [0.717, 1.165) is 109 Å². The highest BCUT2D eigenvalue weighted by Gasteiger charge is 2.36. The standard InChI is InChI=1S/C50H65N11O4.C2H6/c1-9-44(35(4)46-36(5)65-23-22-61(46)47(63)33(2)26-50(6,7)8)58-16-15-38-28-52-48(55-43(38)32-58)54-39-24-37(27-51-29-39)25-45(62)57-20-18-56(19-21-57)42-30-59(31-42)40-10-12-41(13-11-40)60-17-14-34(3)53-49(60)64;1-2/h9-13,24,27-29,33,42H,1,3,14-23,25-26,30-32H2,2,4-8H3,(H,53,64)(H,52,54,55);1-2H3/b44-35+;. The fraction of sp³-hybridized carbons (Fsp3) is 0.500. The van der Waals surface area contributed by atoms with E-state index in [1.807, 2.05) is 68.0 Å². The molecule has 1 unspecified atom stereocenters. The maximum absolute atomic E-state index is 13.9. The fourth-order valence-electron chi connectivity index (χ4n) is 9.85. The minimum absolute atomic E-state index is 0.0374. The Morgan fingerprint density at radius 3 is 2.37 bits per heavy atom. The maximum atomic E-state index is 13.9. The van der Waals surface area contributed by atoms with Gasteiger partial charge in [-0.1, -0.05) is 54.7 Å². The number of anilines is 4. The van der Waals surface area contributed by atoms with Crippen LogP contribution in [0, 0.1) is 11.3 Å². The van der Waals surface area contributed by atoms with Gasteiger partial charge in [0, 0.05) is 106 Å². The number of pyridine rings is 1. The first-order chi connectivity index (χ1) is 32.1. The molecule has 5 aliphatic heterocycles. The van der Waals surface area contributed by atoms with E-state index in [2.05, 4.69) is 88.3 Å². The number of nitrogens with one attached hydrogen (secondary N) is 2. The summed E-state index contributed by atoms with van der Waals surface area (Å²) in [4.78, 5) is 66.6. The second-order valence-electron chi connectivity index (χ2n) is 19.3. The first-order valence-electron chi connectivity index (χ1n) is 24.1. The van der Waals surface area contributed by atoms with Crippen molar-refractivity contribution < 1.29 is 19.1 Å². The number of carbonyl (C=O) groups excluding carboxylic acids is 3. The monoisotopic (exact) mass is 914 g/mol. The summed E-state index contributed by atoms with van der Waals surface area (Å²) in [6.45, 7) is 32.5. The van der Waals surface area contributed by atoms with Gasteiger partial charge in [-0.2, -0.15) is 0 Å². The van der Waals surface area contributed by atoms with Crippen LogP contribution in [0.5, 0.6) is 0 Å². The highest BCUT2D eigenvalue weighted by Crippen LogP contribution is 2.34. The number of allylic oxidation sites excluding steroid dienone is 3. The molecule has 15 heteroatoms. The van der Waals surface area contributed by atoms with Crippen molar-refractivity contribution in [1.29, 1.82) is 0 Å². The molecule has 3 saturated heterocycles. The molecule has 8 rings (SSSR count). The van der Waals surface area contributed by atoms with Crippen LogP contribution in [0.2, 0.25) is 0 Å². The lowest BCUT2D eigenvalue weighted by molar-refractivity contribution is -0.135. The molecule has 2 N–H and O–H groups in total. The largest absolute Gasteiger partial charge is 0.494 e. The van der Waals surface area contributed by atoms with Crippen molar-refractivity contribution in [3.05, 3.63) is 113 Å². The molecule has 0 spiro atoms. The van der Waals surface area contributed by atoms with Crippen LogP contribution in [0.1, 0.15) is 85.1 Å². The molecule has 67 heavy (non-hydrogen) atoms. The van der Waals surface area contributed by atoms with E-state index in [-0.39, 0.29) is 35.6 Å². The number of hydrogen-bond acceptors (Lipinski definition) is 11. The molecule has 4 amide bonds. The van der Waals surface area contributed by atoms with Gasteiger partial charge in [0.1, 0.15) is 12.4 Å². The molecule has 0 aliphatic carbocycles. The summed E-state index contributed by atoms with van der Waals surface area (Å²) in [5.74, 6) is 1.29. The number of hydrogen-bond donors (Lipinski definition) is 2. The molecule has 0 bridgehead atoms. The third-order valence-corrected chi connectivity index (χ3v) is 13.2. The molecule has 3 aromatic rings. The number of piperazine rings is 1. The third kappa shape index (κ3) is 11.5. The summed E-state index contributed by atoms with van der Waals surface area (Å²) < 4.78 is 6.03. The van der Waals surface area contributed by atoms with E-state index in [1.54, 1.807) is 17.3 Å². The van der Waals surface area contributed by atoms with Crippen LogP contribution in [0.4, 0.5) is 27.8 Å². The van der Waals surface area contributed by atoms with E-state index < -0.39 is 0 Å². The van der Waals surface area contributed by atoms with E-state index in [4.69, 9.17) is 9.72 Å². The van der Waals surface area contributed by atoms with Gasteiger partial charge in [0.25, 0.3) is 0 Å². The van der Waals surface area contributed by atoms with Crippen LogP contribution in [-0.2, 0) is 33.7 Å². The van der Waals surface area contributed by atoms with Crippen LogP contribution in [0.15, 0.2) is 96.6 Å². The maximum Gasteiger partial charge on any atom is 0.326 e. The number of ether oxygens (including phenoxy) is 1. The SMILES string of the molecule is C=C/C(=C(/C)C1=C(C)OCCN1C(=O)C(C)CC(C)(C)C)N1CCc2cnc(Nc3cncc(CC(=O)N4CCN(C5CN(c6ccc(N7CCC(=C)NC7=O)cc6)C5)CC4)c3)nc2C1.CC. The predicted octanol–water partition coefficient (Wildman–Crippen LogP) is 7.63. The summed E-state index contributed by atoms with van der Waals surface area (Å²) >= 11 is 0. The highest BCUT2D eigenvalue weighted by molar-refractivity contribution is 5.94. The summed E-state index contributed by atoms with van der Waals surface area (Å²) in [6.07, 6.45) is 9.80. The number of urea groups is 1. The summed E-state index contributed by atoms with van der Waals surface area (Å²) in [5.41, 5.74) is 9.10. The van der Waals surface area contributed by atoms with Crippen molar-refractivity contribution in [2.75, 3.05) is 80.6 Å². The van der Waals surface area contributed by atoms with Crippen LogP contribution in [0.25, 0.3) is 0 Å². The van der Waals surface area contributed by atoms with Crippen molar-refractivity contribution in [3.63, 3.8) is 0 Å². The van der Waals surface area contributed by atoms with Gasteiger partial charge in [-0.05, 0) is 85.2 Å². The van der Waals surface area contributed by atoms with Gasteiger partial charge in [0.15, 0.2) is 0 Å². The lowest BCUT2D eigenvalue weighted by Gasteiger charge is -2.49. The Kier molecular flexibility index (Phi) is 15.4. The molecular formula is C52H71N11O4. The molecule has 0 radical (unpaired) electrons. The molecule has 7 heterocycles. The average molecular weight is 914 g/mol. The Morgan fingerprint density at radius 1 is 0.970 bits per heavy atom. The summed E-state index contributed by atoms with van der Waals surface area (Å²) in [6, 6.07) is 10.5. The quantitative estimate of drug-likeness (QED) is 0.173. The zero-order chi connectivity index (χ0) is 48.0. The number of carbonyl (C=O) groups is 3. The Balaban J connectivity index is 0.00000329. The van der Waals surface area contributed by atoms with Crippen molar-refractivity contribution in [3.8, 4) is 0 Å². The number of amides is 4. The van der Waals surface area contributed by atoms with Crippen molar-refractivity contribution in [1.82, 2.24) is 39.9 Å². The predicted molar refractivity (Wildman–Crippen MR) is 265 cm³/mol. The zero-order valence-electron chi connectivity index (χ0n) is 41.0. The van der Waals surface area contributed by atoms with Crippen molar-refractivity contribution in [2.24, 2.45) is 11.3 Å². The van der Waals surface area contributed by atoms with Crippen molar-refractivity contribution >= 4 is 40.9 Å². The molecule has 358 valence electrons.